The van der Waals surface area contributed by atoms with Gasteiger partial charge in [-0.25, -0.2) is 4.98 Å². The van der Waals surface area contributed by atoms with Crippen LogP contribution in [0.3, 0.4) is 0 Å². The van der Waals surface area contributed by atoms with Crippen molar-refractivity contribution in [3.05, 3.63) is 12.2 Å². The van der Waals surface area contributed by atoms with Gasteiger partial charge in [-0.2, -0.15) is 5.10 Å². The molecule has 0 fully saturated rings. The first-order chi connectivity index (χ1) is 6.09. The molecule has 0 aliphatic rings. The molecule has 0 bridgehead atoms. The fraction of sp³-hybridized carbons (Fsp3) is 0.625. The van der Waals surface area contributed by atoms with Gasteiger partial charge in [0.05, 0.1) is 6.42 Å². The van der Waals surface area contributed by atoms with Gasteiger partial charge in [-0.05, 0) is 6.92 Å². The van der Waals surface area contributed by atoms with Crippen molar-refractivity contribution in [1.29, 1.82) is 0 Å². The van der Waals surface area contributed by atoms with Crippen molar-refractivity contribution in [2.75, 3.05) is 0 Å². The van der Waals surface area contributed by atoms with Gasteiger partial charge in [0.25, 0.3) is 0 Å². The number of ketones is 1. The van der Waals surface area contributed by atoms with Crippen LogP contribution in [0.15, 0.2) is 6.33 Å². The van der Waals surface area contributed by atoms with E-state index in [1.165, 1.54) is 6.33 Å². The third kappa shape index (κ3) is 2.95. The second kappa shape index (κ2) is 4.13. The highest BCUT2D eigenvalue weighted by molar-refractivity contribution is 5.80. The molecule has 0 spiro atoms. The summed E-state index contributed by atoms with van der Waals surface area (Å²) in [4.78, 5) is 15.3. The van der Waals surface area contributed by atoms with E-state index in [4.69, 9.17) is 5.73 Å². The average Bonchev–Trinajstić information content (AvgIpc) is 2.34. The first-order valence-corrected chi connectivity index (χ1v) is 4.19. The van der Waals surface area contributed by atoms with Gasteiger partial charge in [0.15, 0.2) is 0 Å². The van der Waals surface area contributed by atoms with E-state index in [0.717, 1.165) is 0 Å². The molecule has 0 radical (unpaired) electrons. The molecule has 0 aliphatic carbocycles. The molecule has 13 heavy (non-hydrogen) atoms. The summed E-state index contributed by atoms with van der Waals surface area (Å²) in [5.41, 5.74) is 5.50. The van der Waals surface area contributed by atoms with E-state index in [2.05, 4.69) is 10.1 Å². The highest BCUT2D eigenvalue weighted by Gasteiger charge is 2.09. The third-order valence-corrected chi connectivity index (χ3v) is 1.71. The largest absolute Gasteiger partial charge is 0.328 e. The number of hydrogen-bond acceptors (Lipinski definition) is 4. The lowest BCUT2D eigenvalue weighted by atomic mass is 10.1. The number of nitrogens with zero attached hydrogens (tertiary/aromatic N) is 3. The first-order valence-electron chi connectivity index (χ1n) is 4.19. The van der Waals surface area contributed by atoms with Crippen LogP contribution in [0.1, 0.15) is 19.2 Å². The van der Waals surface area contributed by atoms with Gasteiger partial charge in [0, 0.05) is 19.5 Å². The predicted molar refractivity (Wildman–Crippen MR) is 48.0 cm³/mol. The van der Waals surface area contributed by atoms with Gasteiger partial charge < -0.3 is 5.73 Å². The molecule has 1 rings (SSSR count). The molecule has 0 aliphatic heterocycles. The van der Waals surface area contributed by atoms with E-state index in [1.54, 1.807) is 11.7 Å². The fourth-order valence-corrected chi connectivity index (χ4v) is 1.09. The number of aryl methyl sites for hydroxylation is 1. The quantitative estimate of drug-likeness (QED) is 0.691. The Morgan fingerprint density at radius 1 is 1.77 bits per heavy atom. The zero-order valence-electron chi connectivity index (χ0n) is 7.90. The molecule has 1 atom stereocenters. The summed E-state index contributed by atoms with van der Waals surface area (Å²) in [6.45, 7) is 1.81. The first kappa shape index (κ1) is 9.85. The van der Waals surface area contributed by atoms with Crippen molar-refractivity contribution in [3.8, 4) is 0 Å². The van der Waals surface area contributed by atoms with Gasteiger partial charge in [-0.3, -0.25) is 9.48 Å². The second-order valence-electron chi connectivity index (χ2n) is 3.20. The zero-order valence-corrected chi connectivity index (χ0v) is 7.90. The molecular weight excluding hydrogens is 168 g/mol. The van der Waals surface area contributed by atoms with Crippen LogP contribution < -0.4 is 5.73 Å². The van der Waals surface area contributed by atoms with Crippen LogP contribution in [0.25, 0.3) is 0 Å². The van der Waals surface area contributed by atoms with E-state index < -0.39 is 0 Å². The Balaban J connectivity index is 2.50. The van der Waals surface area contributed by atoms with Crippen LogP contribution in [0.2, 0.25) is 0 Å². The van der Waals surface area contributed by atoms with E-state index >= 15 is 0 Å². The van der Waals surface area contributed by atoms with Gasteiger partial charge in [-0.1, -0.05) is 0 Å². The van der Waals surface area contributed by atoms with Crippen LogP contribution in [0, 0.1) is 0 Å². The van der Waals surface area contributed by atoms with Gasteiger partial charge in [0.2, 0.25) is 0 Å². The van der Waals surface area contributed by atoms with Crippen LogP contribution in [-0.2, 0) is 18.3 Å². The van der Waals surface area contributed by atoms with Crippen molar-refractivity contribution in [3.63, 3.8) is 0 Å². The molecule has 0 saturated carbocycles. The minimum Gasteiger partial charge on any atom is -0.328 e. The van der Waals surface area contributed by atoms with Crippen molar-refractivity contribution < 1.29 is 4.79 Å². The predicted octanol–water partition coefficient (Wildman–Crippen LogP) is -0.336. The highest BCUT2D eigenvalue weighted by Crippen LogP contribution is 1.97. The number of carbonyl (C=O) groups is 1. The molecule has 5 nitrogen and oxygen atoms in total. The lowest BCUT2D eigenvalue weighted by Gasteiger charge is -2.03. The summed E-state index contributed by atoms with van der Waals surface area (Å²) in [7, 11) is 1.77. The van der Waals surface area contributed by atoms with E-state index in [-0.39, 0.29) is 11.8 Å². The summed E-state index contributed by atoms with van der Waals surface area (Å²) >= 11 is 0. The topological polar surface area (TPSA) is 73.8 Å². The van der Waals surface area contributed by atoms with Gasteiger partial charge in [-0.15, -0.1) is 0 Å². The maximum Gasteiger partial charge on any atom is 0.141 e. The molecule has 1 unspecified atom stereocenters. The standard InChI is InChI=1S/C8H14N4O/c1-6(9)3-7(13)4-8-10-5-11-12(8)2/h5-6H,3-4,9H2,1-2H3. The molecule has 0 amide bonds. The van der Waals surface area contributed by atoms with Crippen LogP contribution in [0.4, 0.5) is 0 Å². The van der Waals surface area contributed by atoms with Crippen LogP contribution in [0.5, 0.6) is 0 Å². The second-order valence-corrected chi connectivity index (χ2v) is 3.20. The zero-order chi connectivity index (χ0) is 9.84. The molecule has 1 aromatic rings. The molecule has 1 aromatic heterocycles. The number of aromatic nitrogens is 3. The van der Waals surface area contributed by atoms with Gasteiger partial charge >= 0.3 is 0 Å². The monoisotopic (exact) mass is 182 g/mol. The lowest BCUT2D eigenvalue weighted by Crippen LogP contribution is -2.21. The van der Waals surface area contributed by atoms with E-state index in [0.29, 0.717) is 18.7 Å². The van der Waals surface area contributed by atoms with Crippen molar-refractivity contribution in [2.24, 2.45) is 12.8 Å². The summed E-state index contributed by atoms with van der Waals surface area (Å²) in [6, 6.07) is -0.0827. The number of hydrogen-bond donors (Lipinski definition) is 1. The lowest BCUT2D eigenvalue weighted by molar-refractivity contribution is -0.118. The minimum atomic E-state index is -0.0827. The van der Waals surface area contributed by atoms with Crippen LogP contribution >= 0.6 is 0 Å². The number of nitrogens with two attached hydrogens (primary N) is 1. The SMILES string of the molecule is CC(N)CC(=O)Cc1ncnn1C. The number of rotatable bonds is 4. The Morgan fingerprint density at radius 3 is 2.92 bits per heavy atom. The summed E-state index contributed by atoms with van der Waals surface area (Å²) < 4.78 is 1.60. The number of Topliss-reactive ketones (excluding diaryl/α,β-unsaturated/α-hetero) is 1. The Bertz CT molecular complexity index is 292. The molecule has 2 N–H and O–H groups in total. The third-order valence-electron chi connectivity index (χ3n) is 1.71. The normalized spacial score (nSPS) is 12.8. The average molecular weight is 182 g/mol. The Labute approximate surface area is 76.9 Å². The van der Waals surface area contributed by atoms with Crippen LogP contribution in [-0.4, -0.2) is 26.6 Å². The summed E-state index contributed by atoms with van der Waals surface area (Å²) in [6.07, 6.45) is 2.15. The van der Waals surface area contributed by atoms with Crippen molar-refractivity contribution in [1.82, 2.24) is 14.8 Å². The molecule has 5 heteroatoms. The summed E-state index contributed by atoms with van der Waals surface area (Å²) in [5.74, 6) is 0.789. The maximum absolute atomic E-state index is 11.3. The highest BCUT2D eigenvalue weighted by atomic mass is 16.1. The maximum atomic E-state index is 11.3. The minimum absolute atomic E-state index is 0.0827. The molecule has 0 saturated heterocycles. The Hall–Kier alpha value is -1.23. The molecule has 0 aromatic carbocycles. The van der Waals surface area contributed by atoms with E-state index in [1.807, 2.05) is 6.92 Å². The van der Waals surface area contributed by atoms with Crippen molar-refractivity contribution in [2.45, 2.75) is 25.8 Å². The molecular formula is C8H14N4O. The van der Waals surface area contributed by atoms with Gasteiger partial charge in [0.1, 0.15) is 17.9 Å². The molecule has 1 heterocycles. The summed E-state index contributed by atoms with van der Waals surface area (Å²) in [5, 5.41) is 3.87. The Morgan fingerprint density at radius 2 is 2.46 bits per heavy atom. The number of carbonyl (C=O) groups excluding carboxylic acids is 1. The Kier molecular flexibility index (Phi) is 3.13. The molecule has 72 valence electrons. The van der Waals surface area contributed by atoms with E-state index in [9.17, 15) is 4.79 Å². The fourth-order valence-electron chi connectivity index (χ4n) is 1.09. The smallest absolute Gasteiger partial charge is 0.141 e. The van der Waals surface area contributed by atoms with Crippen molar-refractivity contribution >= 4 is 5.78 Å².